The summed E-state index contributed by atoms with van der Waals surface area (Å²) in [6.45, 7) is 0.212. The molecule has 0 bridgehead atoms. The van der Waals surface area contributed by atoms with E-state index >= 15 is 0 Å². The monoisotopic (exact) mass is 230 g/mol. The second-order valence-electron chi connectivity index (χ2n) is 3.70. The minimum Gasteiger partial charge on any atom is -0.504 e. The quantitative estimate of drug-likeness (QED) is 0.848. The number of hydrogen-bond acceptors (Lipinski definition) is 3. The number of rotatable bonds is 4. The number of aromatic hydroxyl groups is 1. The Morgan fingerprint density at radius 3 is 2.41 bits per heavy atom. The molecule has 0 fully saturated rings. The summed E-state index contributed by atoms with van der Waals surface area (Å²) in [5.41, 5.74) is 1.60. The van der Waals surface area contributed by atoms with Crippen LogP contribution in [0.3, 0.4) is 0 Å². The molecule has 3 heteroatoms. The molecule has 0 spiro atoms. The molecular weight excluding hydrogens is 216 g/mol. The summed E-state index contributed by atoms with van der Waals surface area (Å²) in [5, 5.41) is 18.8. The smallest absolute Gasteiger partial charge is 0.166 e. The zero-order valence-corrected chi connectivity index (χ0v) is 9.34. The van der Waals surface area contributed by atoms with Gasteiger partial charge < -0.3 is 14.9 Å². The van der Waals surface area contributed by atoms with Gasteiger partial charge in [0.2, 0.25) is 0 Å². The summed E-state index contributed by atoms with van der Waals surface area (Å²) in [4.78, 5) is 0. The summed E-state index contributed by atoms with van der Waals surface area (Å²) in [6, 6.07) is 14.6. The molecule has 0 aliphatic rings. The van der Waals surface area contributed by atoms with Crippen LogP contribution in [0.4, 0.5) is 0 Å². The van der Waals surface area contributed by atoms with Crippen LogP contribution < -0.4 is 4.74 Å². The van der Waals surface area contributed by atoms with Crippen LogP contribution in [0.2, 0.25) is 0 Å². The maximum Gasteiger partial charge on any atom is 0.166 e. The molecule has 0 atom stereocenters. The van der Waals surface area contributed by atoms with Crippen LogP contribution in [0, 0.1) is 0 Å². The molecule has 0 aliphatic carbocycles. The zero-order chi connectivity index (χ0) is 12.1. The molecular formula is C14H14O3. The molecule has 2 aromatic rings. The number of phenols is 1. The highest BCUT2D eigenvalue weighted by Gasteiger charge is 2.08. The predicted molar refractivity (Wildman–Crippen MR) is 64.8 cm³/mol. The van der Waals surface area contributed by atoms with E-state index in [0.29, 0.717) is 17.9 Å². The van der Waals surface area contributed by atoms with Crippen molar-refractivity contribution in [1.29, 1.82) is 0 Å². The molecule has 3 nitrogen and oxygen atoms in total. The minimum atomic E-state index is -0.154. The second kappa shape index (κ2) is 5.37. The van der Waals surface area contributed by atoms with Crippen LogP contribution in [-0.4, -0.2) is 10.2 Å². The van der Waals surface area contributed by atoms with Gasteiger partial charge >= 0.3 is 0 Å². The first-order chi connectivity index (χ1) is 8.31. The van der Waals surface area contributed by atoms with Crippen LogP contribution in [0.15, 0.2) is 48.5 Å². The van der Waals surface area contributed by atoms with Gasteiger partial charge in [-0.3, -0.25) is 0 Å². The molecule has 0 unspecified atom stereocenters. The van der Waals surface area contributed by atoms with Crippen molar-refractivity contribution in [2.75, 3.05) is 0 Å². The highest BCUT2D eigenvalue weighted by molar-refractivity contribution is 5.45. The molecule has 2 N–H and O–H groups in total. The number of aliphatic hydroxyl groups is 1. The molecule has 2 aromatic carbocycles. The number of para-hydroxylation sites is 1. The highest BCUT2D eigenvalue weighted by atomic mass is 16.5. The van der Waals surface area contributed by atoms with Gasteiger partial charge in [0, 0.05) is 5.56 Å². The molecule has 0 heterocycles. The third-order valence-electron chi connectivity index (χ3n) is 2.47. The maximum atomic E-state index is 9.66. The summed E-state index contributed by atoms with van der Waals surface area (Å²) in [7, 11) is 0. The summed E-state index contributed by atoms with van der Waals surface area (Å²) < 4.78 is 5.53. The normalized spacial score (nSPS) is 10.2. The van der Waals surface area contributed by atoms with E-state index in [9.17, 15) is 5.11 Å². The van der Waals surface area contributed by atoms with Crippen molar-refractivity contribution < 1.29 is 14.9 Å². The summed E-state index contributed by atoms with van der Waals surface area (Å²) in [5.74, 6) is 0.395. The van der Waals surface area contributed by atoms with Crippen LogP contribution in [0.1, 0.15) is 11.1 Å². The number of ether oxygens (including phenoxy) is 1. The first-order valence-corrected chi connectivity index (χ1v) is 5.39. The lowest BCUT2D eigenvalue weighted by Crippen LogP contribution is -1.98. The van der Waals surface area contributed by atoms with E-state index in [1.165, 1.54) is 0 Å². The van der Waals surface area contributed by atoms with Gasteiger partial charge in [0.15, 0.2) is 11.5 Å². The van der Waals surface area contributed by atoms with Gasteiger partial charge in [-0.1, -0.05) is 42.5 Å². The third-order valence-corrected chi connectivity index (χ3v) is 2.47. The fourth-order valence-electron chi connectivity index (χ4n) is 1.59. The third kappa shape index (κ3) is 2.77. The summed E-state index contributed by atoms with van der Waals surface area (Å²) in [6.07, 6.45) is 0. The molecule has 0 saturated carbocycles. The molecule has 0 aromatic heterocycles. The standard InChI is InChI=1S/C14H14O3/c15-9-12-7-4-8-13(16)14(12)17-10-11-5-2-1-3-6-11/h1-8,15-16H,9-10H2. The fraction of sp³-hybridized carbons (Fsp3) is 0.143. The number of aliphatic hydroxyl groups excluding tert-OH is 1. The van der Waals surface area contributed by atoms with E-state index in [4.69, 9.17) is 9.84 Å². The van der Waals surface area contributed by atoms with Gasteiger partial charge in [-0.25, -0.2) is 0 Å². The molecule has 0 amide bonds. The molecule has 0 aliphatic heterocycles. The fourth-order valence-corrected chi connectivity index (χ4v) is 1.59. The van der Waals surface area contributed by atoms with Crippen molar-refractivity contribution in [3.63, 3.8) is 0 Å². The topological polar surface area (TPSA) is 49.7 Å². The van der Waals surface area contributed by atoms with Crippen LogP contribution in [0.5, 0.6) is 11.5 Å². The lowest BCUT2D eigenvalue weighted by molar-refractivity contribution is 0.251. The van der Waals surface area contributed by atoms with Gasteiger partial charge in [0.1, 0.15) is 6.61 Å². The maximum absolute atomic E-state index is 9.66. The minimum absolute atomic E-state index is 0.0486. The Labute approximate surface area is 99.9 Å². The average molecular weight is 230 g/mol. The molecule has 2 rings (SSSR count). The first kappa shape index (κ1) is 11.5. The van der Waals surface area contributed by atoms with E-state index in [-0.39, 0.29) is 12.4 Å². The zero-order valence-electron chi connectivity index (χ0n) is 9.34. The van der Waals surface area contributed by atoms with Gasteiger partial charge in [-0.05, 0) is 11.6 Å². The number of benzene rings is 2. The average Bonchev–Trinajstić information content (AvgIpc) is 2.38. The largest absolute Gasteiger partial charge is 0.504 e. The molecule has 88 valence electrons. The first-order valence-electron chi connectivity index (χ1n) is 5.39. The van der Waals surface area contributed by atoms with Gasteiger partial charge in [-0.2, -0.15) is 0 Å². The van der Waals surface area contributed by atoms with E-state index in [2.05, 4.69) is 0 Å². The molecule has 17 heavy (non-hydrogen) atoms. The Kier molecular flexibility index (Phi) is 3.62. The van der Waals surface area contributed by atoms with E-state index in [1.807, 2.05) is 30.3 Å². The number of hydrogen-bond donors (Lipinski definition) is 2. The number of phenolic OH excluding ortho intramolecular Hbond substituents is 1. The van der Waals surface area contributed by atoms with Crippen LogP contribution in [-0.2, 0) is 13.2 Å². The molecule has 0 saturated heterocycles. The van der Waals surface area contributed by atoms with E-state index in [1.54, 1.807) is 18.2 Å². The van der Waals surface area contributed by atoms with Crippen molar-refractivity contribution in [3.05, 3.63) is 59.7 Å². The Hall–Kier alpha value is -2.00. The lowest BCUT2D eigenvalue weighted by atomic mass is 10.2. The highest BCUT2D eigenvalue weighted by Crippen LogP contribution is 2.30. The van der Waals surface area contributed by atoms with Gasteiger partial charge in [-0.15, -0.1) is 0 Å². The van der Waals surface area contributed by atoms with E-state index in [0.717, 1.165) is 5.56 Å². The second-order valence-corrected chi connectivity index (χ2v) is 3.70. The van der Waals surface area contributed by atoms with Crippen LogP contribution >= 0.6 is 0 Å². The van der Waals surface area contributed by atoms with Crippen molar-refractivity contribution in [3.8, 4) is 11.5 Å². The lowest BCUT2D eigenvalue weighted by Gasteiger charge is -2.11. The Morgan fingerprint density at radius 2 is 1.71 bits per heavy atom. The Balaban J connectivity index is 2.14. The van der Waals surface area contributed by atoms with Crippen molar-refractivity contribution in [2.24, 2.45) is 0 Å². The van der Waals surface area contributed by atoms with Crippen LogP contribution in [0.25, 0.3) is 0 Å². The summed E-state index contributed by atoms with van der Waals surface area (Å²) >= 11 is 0. The van der Waals surface area contributed by atoms with Crippen molar-refractivity contribution in [1.82, 2.24) is 0 Å². The Morgan fingerprint density at radius 1 is 0.941 bits per heavy atom. The van der Waals surface area contributed by atoms with Crippen molar-refractivity contribution in [2.45, 2.75) is 13.2 Å². The molecule has 0 radical (unpaired) electrons. The van der Waals surface area contributed by atoms with Crippen molar-refractivity contribution >= 4 is 0 Å². The van der Waals surface area contributed by atoms with Gasteiger partial charge in [0.05, 0.1) is 6.61 Å². The van der Waals surface area contributed by atoms with E-state index < -0.39 is 0 Å². The SMILES string of the molecule is OCc1cccc(O)c1OCc1ccccc1. The predicted octanol–water partition coefficient (Wildman–Crippen LogP) is 2.46. The van der Waals surface area contributed by atoms with Gasteiger partial charge in [0.25, 0.3) is 0 Å². The Bertz CT molecular complexity index is 480.